The largest absolute Gasteiger partial charge is 0.497 e. The van der Waals surface area contributed by atoms with Crippen LogP contribution < -0.4 is 15.4 Å². The fourth-order valence-corrected chi connectivity index (χ4v) is 4.61. The fourth-order valence-electron chi connectivity index (χ4n) is 4.61. The Labute approximate surface area is 198 Å². The van der Waals surface area contributed by atoms with Crippen LogP contribution in [0.25, 0.3) is 0 Å². The van der Waals surface area contributed by atoms with E-state index in [1.165, 1.54) is 18.4 Å². The van der Waals surface area contributed by atoms with Crippen molar-refractivity contribution in [1.29, 1.82) is 0 Å². The fraction of sp³-hybridized carbons (Fsp3) is 0.652. The van der Waals surface area contributed by atoms with E-state index in [1.807, 2.05) is 17.9 Å². The van der Waals surface area contributed by atoms with E-state index >= 15 is 0 Å². The molecule has 7 heteroatoms. The molecule has 1 aliphatic heterocycles. The van der Waals surface area contributed by atoms with Gasteiger partial charge < -0.3 is 20.3 Å². The first-order chi connectivity index (χ1) is 14.1. The van der Waals surface area contributed by atoms with E-state index in [4.69, 9.17) is 9.73 Å². The smallest absolute Gasteiger partial charge is 0.222 e. The summed E-state index contributed by atoms with van der Waals surface area (Å²) in [5, 5.41) is 6.95. The Hall–Kier alpha value is -1.51. The van der Waals surface area contributed by atoms with Crippen molar-refractivity contribution < 1.29 is 9.53 Å². The van der Waals surface area contributed by atoms with Crippen molar-refractivity contribution in [3.63, 3.8) is 0 Å². The molecule has 30 heavy (non-hydrogen) atoms. The molecule has 3 rings (SSSR count). The van der Waals surface area contributed by atoms with Gasteiger partial charge in [-0.1, -0.05) is 31.9 Å². The van der Waals surface area contributed by atoms with Gasteiger partial charge in [0.2, 0.25) is 5.91 Å². The molecule has 1 unspecified atom stereocenters. The Morgan fingerprint density at radius 2 is 2.07 bits per heavy atom. The second-order valence-electron chi connectivity index (χ2n) is 8.24. The average molecular weight is 528 g/mol. The monoisotopic (exact) mass is 528 g/mol. The summed E-state index contributed by atoms with van der Waals surface area (Å²) in [5.41, 5.74) is 1.41. The van der Waals surface area contributed by atoms with Crippen LogP contribution in [-0.4, -0.2) is 56.1 Å². The normalized spacial score (nSPS) is 20.6. The molecule has 2 fully saturated rings. The molecule has 168 valence electrons. The first kappa shape index (κ1) is 24.8. The van der Waals surface area contributed by atoms with Crippen LogP contribution in [0.2, 0.25) is 0 Å². The highest BCUT2D eigenvalue weighted by molar-refractivity contribution is 14.0. The number of rotatable bonds is 7. The number of nitrogens with zero attached hydrogens (tertiary/aromatic N) is 2. The minimum absolute atomic E-state index is 0. The van der Waals surface area contributed by atoms with Gasteiger partial charge >= 0.3 is 0 Å². The number of nitrogens with one attached hydrogen (secondary N) is 2. The maximum Gasteiger partial charge on any atom is 0.222 e. The van der Waals surface area contributed by atoms with Crippen molar-refractivity contribution in [3.8, 4) is 5.75 Å². The molecule has 0 spiro atoms. The zero-order valence-electron chi connectivity index (χ0n) is 18.6. The number of aliphatic imine (C=N–C) groups is 1. The zero-order chi connectivity index (χ0) is 20.7. The number of hydrogen-bond acceptors (Lipinski definition) is 3. The minimum Gasteiger partial charge on any atom is -0.497 e. The molecule has 1 atom stereocenters. The summed E-state index contributed by atoms with van der Waals surface area (Å²) in [7, 11) is 1.72. The summed E-state index contributed by atoms with van der Waals surface area (Å²) in [4.78, 5) is 18.9. The molecular weight excluding hydrogens is 491 g/mol. The van der Waals surface area contributed by atoms with Crippen molar-refractivity contribution in [2.75, 3.05) is 33.3 Å². The number of methoxy groups -OCH3 is 1. The Kier molecular flexibility index (Phi) is 9.71. The van der Waals surface area contributed by atoms with Gasteiger partial charge in [-0.2, -0.15) is 0 Å². The summed E-state index contributed by atoms with van der Waals surface area (Å²) in [6.07, 6.45) is 6.35. The molecule has 0 aromatic heterocycles. The summed E-state index contributed by atoms with van der Waals surface area (Å²) in [6, 6.07) is 8.74. The third kappa shape index (κ3) is 6.02. The van der Waals surface area contributed by atoms with Crippen molar-refractivity contribution >= 4 is 35.8 Å². The summed E-state index contributed by atoms with van der Waals surface area (Å²) < 4.78 is 5.46. The average Bonchev–Trinajstić information content (AvgIpc) is 3.42. The van der Waals surface area contributed by atoms with Gasteiger partial charge in [-0.15, -0.1) is 24.0 Å². The number of halogens is 1. The highest BCUT2D eigenvalue weighted by Gasteiger charge is 2.36. The maximum absolute atomic E-state index is 12.0. The second kappa shape index (κ2) is 11.8. The predicted octanol–water partition coefficient (Wildman–Crippen LogP) is 3.69. The van der Waals surface area contributed by atoms with E-state index in [-0.39, 0.29) is 41.3 Å². The standard InChI is InChI=1S/C23H36N4O2.HI/c1-4-21(28)27-14-11-19(16-27)26-22(24-5-2)25-17-23(12-6-7-13-23)18-9-8-10-20(15-18)29-3;/h8-10,15,19H,4-7,11-14,16-17H2,1-3H3,(H2,24,25,26);1H. The van der Waals surface area contributed by atoms with Gasteiger partial charge in [0.25, 0.3) is 0 Å². The van der Waals surface area contributed by atoms with Gasteiger partial charge in [0.05, 0.1) is 13.7 Å². The first-order valence-corrected chi connectivity index (χ1v) is 11.1. The van der Waals surface area contributed by atoms with E-state index in [1.54, 1.807) is 7.11 Å². The Morgan fingerprint density at radius 3 is 2.73 bits per heavy atom. The van der Waals surface area contributed by atoms with E-state index in [2.05, 4.69) is 35.8 Å². The van der Waals surface area contributed by atoms with Gasteiger partial charge in [-0.05, 0) is 43.9 Å². The van der Waals surface area contributed by atoms with Crippen LogP contribution in [0.3, 0.4) is 0 Å². The SMILES string of the molecule is CCNC(=NCC1(c2cccc(OC)c2)CCCC1)NC1CCN(C(=O)CC)C1.I. The van der Waals surface area contributed by atoms with Crippen molar-refractivity contribution in [1.82, 2.24) is 15.5 Å². The highest BCUT2D eigenvalue weighted by Crippen LogP contribution is 2.42. The third-order valence-corrected chi connectivity index (χ3v) is 6.31. The topological polar surface area (TPSA) is 66.0 Å². The minimum atomic E-state index is 0. The molecule has 0 bridgehead atoms. The first-order valence-electron chi connectivity index (χ1n) is 11.1. The molecule has 1 saturated heterocycles. The lowest BCUT2D eigenvalue weighted by molar-refractivity contribution is -0.129. The Balaban J connectivity index is 0.00000320. The summed E-state index contributed by atoms with van der Waals surface area (Å²) in [5.74, 6) is 2.01. The number of benzene rings is 1. The molecule has 1 aliphatic carbocycles. The van der Waals surface area contributed by atoms with Crippen molar-refractivity contribution in [2.24, 2.45) is 4.99 Å². The number of hydrogen-bond donors (Lipinski definition) is 2. The van der Waals surface area contributed by atoms with Gasteiger partial charge in [0.15, 0.2) is 5.96 Å². The summed E-state index contributed by atoms with van der Waals surface area (Å²) in [6.45, 7) is 7.19. The number of carbonyl (C=O) groups is 1. The molecule has 2 aliphatic rings. The van der Waals surface area contributed by atoms with Crippen LogP contribution in [0, 0.1) is 0 Å². The lowest BCUT2D eigenvalue weighted by atomic mass is 9.79. The molecule has 2 N–H and O–H groups in total. The number of carbonyl (C=O) groups excluding carboxylic acids is 1. The van der Waals surface area contributed by atoms with Gasteiger partial charge in [0, 0.05) is 37.5 Å². The van der Waals surface area contributed by atoms with Gasteiger partial charge in [0.1, 0.15) is 5.75 Å². The van der Waals surface area contributed by atoms with Gasteiger partial charge in [-0.25, -0.2) is 0 Å². The van der Waals surface area contributed by atoms with E-state index in [0.717, 1.165) is 57.2 Å². The maximum atomic E-state index is 12.0. The third-order valence-electron chi connectivity index (χ3n) is 6.31. The quantitative estimate of drug-likeness (QED) is 0.322. The van der Waals surface area contributed by atoms with Crippen molar-refractivity contribution in [3.05, 3.63) is 29.8 Å². The number of guanidine groups is 1. The number of amides is 1. The second-order valence-corrected chi connectivity index (χ2v) is 8.24. The predicted molar refractivity (Wildman–Crippen MR) is 133 cm³/mol. The van der Waals surface area contributed by atoms with Crippen LogP contribution in [0.15, 0.2) is 29.3 Å². The highest BCUT2D eigenvalue weighted by atomic mass is 127. The van der Waals surface area contributed by atoms with E-state index in [9.17, 15) is 4.79 Å². The van der Waals surface area contributed by atoms with Crippen molar-refractivity contribution in [2.45, 2.75) is 63.8 Å². The zero-order valence-corrected chi connectivity index (χ0v) is 20.9. The molecule has 1 aromatic rings. The Morgan fingerprint density at radius 1 is 1.30 bits per heavy atom. The molecular formula is C23H37IN4O2. The van der Waals surface area contributed by atoms with Crippen LogP contribution in [0.5, 0.6) is 5.75 Å². The van der Waals surface area contributed by atoms with Crippen LogP contribution in [-0.2, 0) is 10.2 Å². The van der Waals surface area contributed by atoms with Gasteiger partial charge in [-0.3, -0.25) is 9.79 Å². The molecule has 6 nitrogen and oxygen atoms in total. The molecule has 1 aromatic carbocycles. The molecule has 1 amide bonds. The van der Waals surface area contributed by atoms with E-state index in [0.29, 0.717) is 6.42 Å². The molecule has 0 radical (unpaired) electrons. The van der Waals surface area contributed by atoms with E-state index < -0.39 is 0 Å². The lowest BCUT2D eigenvalue weighted by Crippen LogP contribution is -2.45. The number of likely N-dealkylation sites (tertiary alicyclic amines) is 1. The molecule has 1 saturated carbocycles. The van der Waals surface area contributed by atoms with Crippen LogP contribution in [0.4, 0.5) is 0 Å². The Bertz CT molecular complexity index is 719. The number of ether oxygens (including phenoxy) is 1. The van der Waals surface area contributed by atoms with Crippen LogP contribution in [0.1, 0.15) is 57.9 Å². The lowest BCUT2D eigenvalue weighted by Gasteiger charge is -2.29. The summed E-state index contributed by atoms with van der Waals surface area (Å²) >= 11 is 0. The molecule has 1 heterocycles. The van der Waals surface area contributed by atoms with Crippen LogP contribution >= 0.6 is 24.0 Å².